The highest BCUT2D eigenvalue weighted by molar-refractivity contribution is 6.30. The van der Waals surface area contributed by atoms with Crippen molar-refractivity contribution in [2.75, 3.05) is 6.54 Å². The van der Waals surface area contributed by atoms with Crippen LogP contribution in [-0.2, 0) is 13.1 Å². The van der Waals surface area contributed by atoms with Gasteiger partial charge in [0.25, 0.3) is 5.69 Å². The largest absolute Gasteiger partial charge is 0.392 e. The Balaban J connectivity index is 1.69. The first-order valence-electron chi connectivity index (χ1n) is 11.7. The third-order valence-electron chi connectivity index (χ3n) is 6.39. The van der Waals surface area contributed by atoms with Crippen LogP contribution in [0.25, 0.3) is 11.5 Å². The minimum atomic E-state index is -4.35. The van der Waals surface area contributed by atoms with Gasteiger partial charge < -0.3 is 0 Å². The van der Waals surface area contributed by atoms with Crippen molar-refractivity contribution in [3.63, 3.8) is 0 Å². The number of nitro benzene ring substituents is 1. The Morgan fingerprint density at radius 3 is 2.30 bits per heavy atom. The predicted octanol–water partition coefficient (Wildman–Crippen LogP) is 6.81. The molecule has 0 bridgehead atoms. The molecule has 0 amide bonds. The summed E-state index contributed by atoms with van der Waals surface area (Å²) in [5.41, 5.74) is 5.37. The Kier molecular flexibility index (Phi) is 7.34. The van der Waals surface area contributed by atoms with Gasteiger partial charge in [-0.15, -0.1) is 0 Å². The van der Waals surface area contributed by atoms with Crippen molar-refractivity contribution in [3.8, 4) is 5.69 Å². The number of nitrogens with zero attached hydrogens (tertiary/aromatic N) is 5. The molecule has 1 unspecified atom stereocenters. The van der Waals surface area contributed by atoms with Crippen molar-refractivity contribution >= 4 is 23.1 Å². The Hall–Kier alpha value is -3.37. The maximum atomic E-state index is 13.4. The van der Waals surface area contributed by atoms with E-state index in [4.69, 9.17) is 11.6 Å². The number of alkyl halides is 3. The van der Waals surface area contributed by atoms with Gasteiger partial charge in [0.1, 0.15) is 5.15 Å². The van der Waals surface area contributed by atoms with Gasteiger partial charge in [-0.2, -0.15) is 13.2 Å². The molecule has 0 spiro atoms. The molecule has 0 fully saturated rings. The molecule has 0 saturated carbocycles. The zero-order valence-electron chi connectivity index (χ0n) is 20.9. The van der Waals surface area contributed by atoms with Crippen LogP contribution in [0.2, 0.25) is 5.15 Å². The van der Waals surface area contributed by atoms with Gasteiger partial charge in [-0.25, -0.2) is 4.98 Å². The third kappa shape index (κ3) is 5.65. The molecule has 4 rings (SSSR count). The fraction of sp³-hybridized carbons (Fsp3) is 0.346. The number of rotatable bonds is 8. The summed E-state index contributed by atoms with van der Waals surface area (Å²) in [6.07, 6.45) is -0.995. The number of aromatic nitrogens is 3. The second-order valence-corrected chi connectivity index (χ2v) is 9.88. The summed E-state index contributed by atoms with van der Waals surface area (Å²) in [6.45, 7) is 7.25. The fourth-order valence-electron chi connectivity index (χ4n) is 4.69. The molecule has 11 heteroatoms. The highest BCUT2D eigenvalue weighted by atomic mass is 35.5. The van der Waals surface area contributed by atoms with Gasteiger partial charge in [-0.1, -0.05) is 48.4 Å². The molecule has 2 aromatic heterocycles. The normalized spacial score (nSPS) is 13.0. The first kappa shape index (κ1) is 26.7. The summed E-state index contributed by atoms with van der Waals surface area (Å²) in [5, 5.41) is 11.4. The Morgan fingerprint density at radius 1 is 1.11 bits per heavy atom. The average Bonchev–Trinajstić information content (AvgIpc) is 3.31. The molecule has 0 N–H and O–H groups in total. The van der Waals surface area contributed by atoms with E-state index in [1.807, 2.05) is 25.3 Å². The average molecular weight is 534 g/mol. The van der Waals surface area contributed by atoms with Crippen molar-refractivity contribution in [2.45, 2.75) is 47.0 Å². The van der Waals surface area contributed by atoms with Crippen LogP contribution in [-0.4, -0.2) is 36.5 Å². The summed E-state index contributed by atoms with van der Waals surface area (Å²) in [4.78, 5) is 16.7. The Morgan fingerprint density at radius 2 is 1.73 bits per heavy atom. The van der Waals surface area contributed by atoms with Crippen LogP contribution in [0.1, 0.15) is 34.9 Å². The zero-order valence-corrected chi connectivity index (χ0v) is 21.6. The molecule has 37 heavy (non-hydrogen) atoms. The van der Waals surface area contributed by atoms with E-state index in [0.717, 1.165) is 29.3 Å². The number of halogens is 4. The van der Waals surface area contributed by atoms with Gasteiger partial charge in [-0.3, -0.25) is 24.0 Å². The van der Waals surface area contributed by atoms with E-state index in [1.54, 1.807) is 33.8 Å². The predicted molar refractivity (Wildman–Crippen MR) is 136 cm³/mol. The molecule has 0 aliphatic carbocycles. The van der Waals surface area contributed by atoms with Gasteiger partial charge in [0.15, 0.2) is 0 Å². The minimum Gasteiger partial charge on any atom is -0.293 e. The van der Waals surface area contributed by atoms with Crippen LogP contribution in [0.5, 0.6) is 0 Å². The lowest BCUT2D eigenvalue weighted by Gasteiger charge is -2.26. The van der Waals surface area contributed by atoms with Crippen LogP contribution in [0, 0.1) is 36.8 Å². The van der Waals surface area contributed by atoms with Crippen LogP contribution in [0.4, 0.5) is 18.9 Å². The van der Waals surface area contributed by atoms with Crippen molar-refractivity contribution < 1.29 is 18.1 Å². The molecule has 0 radical (unpaired) electrons. The number of benzene rings is 2. The quantitative estimate of drug-likeness (QED) is 0.184. The number of hydrogen-bond acceptors (Lipinski definition) is 4. The Bertz CT molecular complexity index is 1420. The maximum absolute atomic E-state index is 13.4. The van der Waals surface area contributed by atoms with E-state index in [-0.39, 0.29) is 25.3 Å². The molecule has 2 heterocycles. The molecule has 0 aliphatic rings. The monoisotopic (exact) mass is 533 g/mol. The molecular weight excluding hydrogens is 507 g/mol. The van der Waals surface area contributed by atoms with Crippen LogP contribution < -0.4 is 0 Å². The number of nitro groups is 1. The molecule has 0 saturated heterocycles. The van der Waals surface area contributed by atoms with Crippen molar-refractivity contribution in [2.24, 2.45) is 5.92 Å². The van der Waals surface area contributed by atoms with E-state index in [1.165, 1.54) is 12.1 Å². The highest BCUT2D eigenvalue weighted by Crippen LogP contribution is 2.30. The highest BCUT2D eigenvalue weighted by Gasteiger charge is 2.37. The maximum Gasteiger partial charge on any atom is 0.392 e. The van der Waals surface area contributed by atoms with Gasteiger partial charge in [0, 0.05) is 38.0 Å². The standard InChI is InChI=1S/C26H27ClF3N5O2/c1-16-9-17(2)24(18(3)10-16)34-23(27)15-33-22(11-31-25(33)34)14-32(12-19(4)26(28,29)30)13-20-5-7-21(8-6-20)35(36)37/h5-11,15,19H,12-14H2,1-4H3. The number of aryl methyl sites for hydroxylation is 3. The number of imidazole rings is 2. The molecular formula is C26H27ClF3N5O2. The first-order chi connectivity index (χ1) is 17.3. The van der Waals surface area contributed by atoms with Crippen LogP contribution in [0.3, 0.4) is 0 Å². The molecule has 2 aromatic carbocycles. The number of hydrogen-bond donors (Lipinski definition) is 0. The summed E-state index contributed by atoms with van der Waals surface area (Å²) in [6, 6.07) is 9.94. The van der Waals surface area contributed by atoms with E-state index < -0.39 is 17.0 Å². The van der Waals surface area contributed by atoms with Crippen molar-refractivity contribution in [3.05, 3.63) is 92.0 Å². The third-order valence-corrected chi connectivity index (χ3v) is 6.66. The minimum absolute atomic E-state index is 0.0749. The van der Waals surface area contributed by atoms with Gasteiger partial charge >= 0.3 is 6.18 Å². The number of non-ortho nitro benzene ring substituents is 1. The lowest BCUT2D eigenvalue weighted by molar-refractivity contribution is -0.384. The smallest absolute Gasteiger partial charge is 0.293 e. The summed E-state index contributed by atoms with van der Waals surface area (Å²) in [7, 11) is 0. The second kappa shape index (κ2) is 10.2. The molecule has 196 valence electrons. The molecule has 0 aliphatic heterocycles. The van der Waals surface area contributed by atoms with E-state index >= 15 is 0 Å². The van der Waals surface area contributed by atoms with E-state index in [2.05, 4.69) is 17.1 Å². The van der Waals surface area contributed by atoms with Crippen molar-refractivity contribution in [1.29, 1.82) is 0 Å². The summed E-state index contributed by atoms with van der Waals surface area (Å²) in [5.74, 6) is -1.01. The lowest BCUT2D eigenvalue weighted by atomic mass is 10.1. The Labute approximate surface area is 217 Å². The lowest BCUT2D eigenvalue weighted by Crippen LogP contribution is -2.34. The number of fused-ring (bicyclic) bond motifs is 1. The second-order valence-electron chi connectivity index (χ2n) is 9.49. The first-order valence-corrected chi connectivity index (χ1v) is 12.1. The van der Waals surface area contributed by atoms with E-state index in [9.17, 15) is 23.3 Å². The van der Waals surface area contributed by atoms with Crippen LogP contribution in [0.15, 0.2) is 48.8 Å². The van der Waals surface area contributed by atoms with Crippen LogP contribution >= 0.6 is 11.6 Å². The molecule has 1 atom stereocenters. The molecule has 7 nitrogen and oxygen atoms in total. The SMILES string of the molecule is Cc1cc(C)c(-n2c(Cl)cn3c(CN(Cc4ccc([N+](=O)[O-])cc4)CC(C)C(F)(F)F)cnc23)c(C)c1. The zero-order chi connectivity index (χ0) is 27.1. The fourth-order valence-corrected chi connectivity index (χ4v) is 4.94. The van der Waals surface area contributed by atoms with E-state index in [0.29, 0.717) is 22.2 Å². The summed E-state index contributed by atoms with van der Waals surface area (Å²) < 4.78 is 43.9. The van der Waals surface area contributed by atoms with Gasteiger partial charge in [-0.05, 0) is 37.5 Å². The van der Waals surface area contributed by atoms with Gasteiger partial charge in [0.05, 0.1) is 28.4 Å². The molecule has 4 aromatic rings. The van der Waals surface area contributed by atoms with Crippen molar-refractivity contribution in [1.82, 2.24) is 18.9 Å². The van der Waals surface area contributed by atoms with Gasteiger partial charge in [0.2, 0.25) is 5.78 Å². The summed E-state index contributed by atoms with van der Waals surface area (Å²) >= 11 is 6.63. The topological polar surface area (TPSA) is 68.6 Å².